The van der Waals surface area contributed by atoms with Crippen molar-refractivity contribution < 1.29 is 17.7 Å². The minimum Gasteiger partial charge on any atom is -0.364 e. The molecule has 154 valence electrons. The van der Waals surface area contributed by atoms with Crippen LogP contribution in [-0.2, 0) is 20.6 Å². The molecule has 1 aromatic rings. The number of carbonyl (C=O) groups excluding carboxylic acids is 1. The third-order valence-corrected chi connectivity index (χ3v) is 7.49. The van der Waals surface area contributed by atoms with Gasteiger partial charge in [0.15, 0.2) is 0 Å². The van der Waals surface area contributed by atoms with Crippen molar-refractivity contribution in [2.75, 3.05) is 32.7 Å². The third-order valence-electron chi connectivity index (χ3n) is 5.68. The quantitative estimate of drug-likeness (QED) is 0.744. The van der Waals surface area contributed by atoms with Crippen LogP contribution in [0.2, 0.25) is 0 Å². The van der Waals surface area contributed by atoms with Crippen LogP contribution in [0.25, 0.3) is 0 Å². The van der Waals surface area contributed by atoms with Crippen LogP contribution in [0.3, 0.4) is 0 Å². The van der Waals surface area contributed by atoms with Gasteiger partial charge in [-0.15, -0.1) is 12.4 Å². The highest BCUT2D eigenvalue weighted by Gasteiger charge is 2.36. The summed E-state index contributed by atoms with van der Waals surface area (Å²) in [4.78, 5) is 14.5. The minimum atomic E-state index is -3.45. The second-order valence-corrected chi connectivity index (χ2v) is 9.44. The molecule has 8 nitrogen and oxygen atoms in total. The van der Waals surface area contributed by atoms with Gasteiger partial charge in [0, 0.05) is 38.7 Å². The number of carbonyl (C=O) groups is 1. The molecule has 1 saturated heterocycles. The molecular formula is C17H29ClN4O4S. The van der Waals surface area contributed by atoms with Crippen molar-refractivity contribution in [2.24, 2.45) is 11.1 Å². The average molecular weight is 421 g/mol. The van der Waals surface area contributed by atoms with Gasteiger partial charge in [-0.25, -0.2) is 8.42 Å². The number of rotatable bonds is 6. The number of aromatic nitrogens is 1. The van der Waals surface area contributed by atoms with Gasteiger partial charge >= 0.3 is 0 Å². The minimum absolute atomic E-state index is 0. The summed E-state index contributed by atoms with van der Waals surface area (Å²) in [6.07, 6.45) is 7.37. The summed E-state index contributed by atoms with van der Waals surface area (Å²) in [7, 11) is -3.45. The van der Waals surface area contributed by atoms with Crippen molar-refractivity contribution in [3.63, 3.8) is 0 Å². The Kier molecular flexibility index (Phi) is 7.67. The number of piperazine rings is 1. The van der Waals surface area contributed by atoms with E-state index in [9.17, 15) is 13.2 Å². The van der Waals surface area contributed by atoms with E-state index in [-0.39, 0.29) is 29.5 Å². The van der Waals surface area contributed by atoms with E-state index in [1.54, 1.807) is 11.0 Å². The Hall–Kier alpha value is -1.16. The topological polar surface area (TPSA) is 110 Å². The molecule has 1 amide bonds. The first-order valence-electron chi connectivity index (χ1n) is 9.29. The molecule has 2 N–H and O–H groups in total. The van der Waals surface area contributed by atoms with Gasteiger partial charge in [0.1, 0.15) is 12.0 Å². The largest absolute Gasteiger partial charge is 0.364 e. The van der Waals surface area contributed by atoms with Crippen LogP contribution in [-0.4, -0.2) is 61.4 Å². The van der Waals surface area contributed by atoms with E-state index < -0.39 is 10.0 Å². The maximum absolute atomic E-state index is 12.7. The molecule has 0 spiro atoms. The van der Waals surface area contributed by atoms with Crippen LogP contribution in [0.1, 0.15) is 44.2 Å². The maximum atomic E-state index is 12.7. The zero-order chi connectivity index (χ0) is 18.6. The van der Waals surface area contributed by atoms with Gasteiger partial charge in [-0.3, -0.25) is 4.79 Å². The molecule has 3 rings (SSSR count). The number of hydrogen-bond acceptors (Lipinski definition) is 6. The van der Waals surface area contributed by atoms with Crippen LogP contribution in [0.15, 0.2) is 16.9 Å². The Morgan fingerprint density at radius 2 is 1.85 bits per heavy atom. The third kappa shape index (κ3) is 5.43. The highest BCUT2D eigenvalue weighted by molar-refractivity contribution is 7.88. The number of amides is 1. The molecule has 2 aliphatic rings. The number of nitrogens with two attached hydrogens (primary N) is 1. The van der Waals surface area contributed by atoms with E-state index in [2.05, 4.69) is 5.16 Å². The van der Waals surface area contributed by atoms with E-state index in [1.807, 2.05) is 0 Å². The summed E-state index contributed by atoms with van der Waals surface area (Å²) in [5, 5.41) is 3.66. The zero-order valence-electron chi connectivity index (χ0n) is 15.5. The monoisotopic (exact) mass is 420 g/mol. The van der Waals surface area contributed by atoms with Crippen LogP contribution in [0, 0.1) is 5.41 Å². The maximum Gasteiger partial charge on any atom is 0.223 e. The fourth-order valence-electron chi connectivity index (χ4n) is 3.99. The lowest BCUT2D eigenvalue weighted by Crippen LogP contribution is -2.52. The number of halogens is 1. The molecule has 1 saturated carbocycles. The van der Waals surface area contributed by atoms with Crippen molar-refractivity contribution in [3.05, 3.63) is 18.0 Å². The molecule has 1 aliphatic heterocycles. The molecule has 1 aromatic heterocycles. The van der Waals surface area contributed by atoms with E-state index >= 15 is 0 Å². The summed E-state index contributed by atoms with van der Waals surface area (Å²) < 4.78 is 31.1. The van der Waals surface area contributed by atoms with Crippen molar-refractivity contribution in [1.29, 1.82) is 0 Å². The molecule has 27 heavy (non-hydrogen) atoms. The van der Waals surface area contributed by atoms with Gasteiger partial charge in [-0.05, 0) is 24.8 Å². The summed E-state index contributed by atoms with van der Waals surface area (Å²) in [6, 6.07) is 1.55. The Labute approximate surface area is 166 Å². The van der Waals surface area contributed by atoms with Crippen LogP contribution in [0.4, 0.5) is 0 Å². The molecule has 0 radical (unpaired) electrons. The smallest absolute Gasteiger partial charge is 0.223 e. The Morgan fingerprint density at radius 3 is 2.41 bits per heavy atom. The standard InChI is InChI=1S/C17H28N4O4S.ClH/c18-14-17(5-2-1-3-6-17)12-16(22)20-7-9-21(10-8-20)26(23,24)13-15-4-11-25-19-15;/h4,11H,1-3,5-10,12-14,18H2;1H. The average Bonchev–Trinajstić information content (AvgIpc) is 3.15. The number of nitrogens with zero attached hydrogens (tertiary/aromatic N) is 3. The van der Waals surface area contributed by atoms with Gasteiger partial charge in [0.05, 0.1) is 5.69 Å². The second kappa shape index (κ2) is 9.36. The Bertz CT molecular complexity index is 697. The van der Waals surface area contributed by atoms with Crippen LogP contribution in [0.5, 0.6) is 0 Å². The summed E-state index contributed by atoms with van der Waals surface area (Å²) in [5.74, 6) is -0.0702. The van der Waals surface area contributed by atoms with Crippen LogP contribution >= 0.6 is 12.4 Å². The SMILES string of the molecule is Cl.NCC1(CC(=O)N2CCN(S(=O)(=O)Cc3ccon3)CC2)CCCCC1. The summed E-state index contributed by atoms with van der Waals surface area (Å²) in [6.45, 7) is 2.04. The molecule has 0 atom stereocenters. The molecule has 10 heteroatoms. The van der Waals surface area contributed by atoms with Gasteiger partial charge in [-0.2, -0.15) is 4.31 Å². The summed E-state index contributed by atoms with van der Waals surface area (Å²) in [5.41, 5.74) is 6.32. The Morgan fingerprint density at radius 1 is 1.19 bits per heavy atom. The first-order chi connectivity index (χ1) is 12.4. The van der Waals surface area contributed by atoms with Crippen molar-refractivity contribution in [2.45, 2.75) is 44.3 Å². The van der Waals surface area contributed by atoms with E-state index in [0.717, 1.165) is 25.7 Å². The number of hydrogen-bond donors (Lipinski definition) is 1. The van der Waals surface area contributed by atoms with Crippen molar-refractivity contribution >= 4 is 28.3 Å². The van der Waals surface area contributed by atoms with Gasteiger partial charge < -0.3 is 15.2 Å². The highest BCUT2D eigenvalue weighted by atomic mass is 35.5. The van der Waals surface area contributed by atoms with Gasteiger partial charge in [0.2, 0.25) is 15.9 Å². The van der Waals surface area contributed by atoms with E-state index in [1.165, 1.54) is 17.0 Å². The fraction of sp³-hybridized carbons (Fsp3) is 0.765. The van der Waals surface area contributed by atoms with Crippen molar-refractivity contribution in [3.8, 4) is 0 Å². The van der Waals surface area contributed by atoms with Gasteiger partial charge in [-0.1, -0.05) is 24.4 Å². The lowest BCUT2D eigenvalue weighted by Gasteiger charge is -2.39. The van der Waals surface area contributed by atoms with Crippen LogP contribution < -0.4 is 5.73 Å². The first-order valence-corrected chi connectivity index (χ1v) is 10.9. The molecule has 2 heterocycles. The second-order valence-electron chi connectivity index (χ2n) is 7.47. The lowest BCUT2D eigenvalue weighted by atomic mass is 9.71. The lowest BCUT2D eigenvalue weighted by molar-refractivity contribution is -0.135. The van der Waals surface area contributed by atoms with Gasteiger partial charge in [0.25, 0.3) is 0 Å². The predicted molar refractivity (Wildman–Crippen MR) is 104 cm³/mol. The first kappa shape index (κ1) is 22.1. The zero-order valence-corrected chi connectivity index (χ0v) is 17.1. The predicted octanol–water partition coefficient (Wildman–Crippen LogP) is 1.37. The molecule has 1 aliphatic carbocycles. The van der Waals surface area contributed by atoms with E-state index in [0.29, 0.717) is 44.8 Å². The summed E-state index contributed by atoms with van der Waals surface area (Å²) >= 11 is 0. The molecule has 2 fully saturated rings. The fourth-order valence-corrected chi connectivity index (χ4v) is 5.42. The molecule has 0 aromatic carbocycles. The normalized spacial score (nSPS) is 20.9. The Balaban J connectivity index is 0.00000261. The molecule has 0 unspecified atom stereocenters. The molecular weight excluding hydrogens is 392 g/mol. The van der Waals surface area contributed by atoms with Crippen molar-refractivity contribution in [1.82, 2.24) is 14.4 Å². The number of sulfonamides is 1. The highest BCUT2D eigenvalue weighted by Crippen LogP contribution is 2.38. The molecule has 0 bridgehead atoms. The van der Waals surface area contributed by atoms with E-state index in [4.69, 9.17) is 10.3 Å².